The van der Waals surface area contributed by atoms with Crippen LogP contribution < -0.4 is 29.6 Å². The maximum absolute atomic E-state index is 13.1. The number of benzene rings is 5. The molecule has 5 aromatic rings. The Hall–Kier alpha value is -5.43. The summed E-state index contributed by atoms with van der Waals surface area (Å²) in [6.45, 7) is 11.4. The van der Waals surface area contributed by atoms with E-state index in [9.17, 15) is 4.79 Å². The van der Waals surface area contributed by atoms with Crippen LogP contribution in [-0.4, -0.2) is 32.5 Å². The van der Waals surface area contributed by atoms with Crippen LogP contribution in [0.4, 0.5) is 10.5 Å². The zero-order chi connectivity index (χ0) is 38.4. The third-order valence-corrected chi connectivity index (χ3v) is 9.65. The highest BCUT2D eigenvalue weighted by molar-refractivity contribution is 5.89. The number of nitrogens with one attached hydrogen (secondary N) is 2. The quantitative estimate of drug-likeness (QED) is 0.110. The van der Waals surface area contributed by atoms with E-state index in [2.05, 4.69) is 105 Å². The standard InChI is InChI=1S/C48H56N2O5/c1-5-23-52-44-35-15-12-16-36(44)30-38-18-14-20-40(46(38)54-25-7-3)32-42-28-34(33-49-48(51)50-43-21-10-9-11-22-43)27-41(47(42)55-26-8-4)31-39-19-13-17-37(29-35)45(39)53-24-6-2/h9-22,27-28H,5-8,23-26,29-33H2,1-4H3,(H2,49,50,51). The van der Waals surface area contributed by atoms with Crippen LogP contribution in [0.1, 0.15) is 103 Å². The van der Waals surface area contributed by atoms with Gasteiger partial charge < -0.3 is 29.6 Å². The number of hydrogen-bond donors (Lipinski definition) is 2. The Kier molecular flexibility index (Phi) is 14.1. The molecule has 0 radical (unpaired) electrons. The molecule has 55 heavy (non-hydrogen) atoms. The second-order valence-electron chi connectivity index (χ2n) is 14.2. The summed E-state index contributed by atoms with van der Waals surface area (Å²) in [6.07, 6.45) is 6.13. The molecule has 7 nitrogen and oxygen atoms in total. The van der Waals surface area contributed by atoms with Crippen molar-refractivity contribution in [2.24, 2.45) is 0 Å². The molecule has 6 rings (SSSR count). The monoisotopic (exact) mass is 740 g/mol. The van der Waals surface area contributed by atoms with Crippen molar-refractivity contribution in [1.29, 1.82) is 0 Å². The number of ether oxygens (including phenoxy) is 4. The minimum Gasteiger partial charge on any atom is -0.493 e. The van der Waals surface area contributed by atoms with Gasteiger partial charge in [0.2, 0.25) is 0 Å². The van der Waals surface area contributed by atoms with Crippen LogP contribution in [0.5, 0.6) is 23.0 Å². The van der Waals surface area contributed by atoms with Gasteiger partial charge in [-0.15, -0.1) is 0 Å². The van der Waals surface area contributed by atoms with Gasteiger partial charge in [0.25, 0.3) is 0 Å². The van der Waals surface area contributed by atoms with Gasteiger partial charge in [0.05, 0.1) is 26.4 Å². The first-order valence-corrected chi connectivity index (χ1v) is 20.1. The predicted molar refractivity (Wildman–Crippen MR) is 222 cm³/mol. The van der Waals surface area contributed by atoms with Crippen molar-refractivity contribution in [1.82, 2.24) is 5.32 Å². The molecule has 2 amide bonds. The van der Waals surface area contributed by atoms with Crippen molar-refractivity contribution in [3.63, 3.8) is 0 Å². The molecule has 1 aliphatic carbocycles. The molecule has 0 atom stereocenters. The van der Waals surface area contributed by atoms with Crippen LogP contribution in [0.2, 0.25) is 0 Å². The zero-order valence-corrected chi connectivity index (χ0v) is 33.0. The number of carbonyl (C=O) groups is 1. The molecule has 0 saturated heterocycles. The van der Waals surface area contributed by atoms with Gasteiger partial charge in [0, 0.05) is 37.9 Å². The highest BCUT2D eigenvalue weighted by atomic mass is 16.5. The number of anilines is 1. The molecule has 0 saturated carbocycles. The maximum Gasteiger partial charge on any atom is 0.319 e. The minimum absolute atomic E-state index is 0.258. The topological polar surface area (TPSA) is 78.1 Å². The third-order valence-electron chi connectivity index (χ3n) is 9.65. The lowest BCUT2D eigenvalue weighted by molar-refractivity contribution is 0.251. The van der Waals surface area contributed by atoms with Crippen molar-refractivity contribution in [2.45, 2.75) is 85.6 Å². The molecule has 0 aliphatic heterocycles. The van der Waals surface area contributed by atoms with Crippen LogP contribution in [0.25, 0.3) is 0 Å². The Morgan fingerprint density at radius 1 is 0.473 bits per heavy atom. The van der Waals surface area contributed by atoms with Crippen molar-refractivity contribution < 1.29 is 23.7 Å². The van der Waals surface area contributed by atoms with Crippen molar-refractivity contribution >= 4 is 11.7 Å². The number of carbonyl (C=O) groups excluding carboxylic acids is 1. The fraction of sp³-hybridized carbons (Fsp3) is 0.354. The van der Waals surface area contributed by atoms with Gasteiger partial charge in [-0.2, -0.15) is 0 Å². The van der Waals surface area contributed by atoms with Crippen molar-refractivity contribution in [3.8, 4) is 23.0 Å². The van der Waals surface area contributed by atoms with E-state index in [0.29, 0.717) is 58.7 Å². The molecule has 0 heterocycles. The summed E-state index contributed by atoms with van der Waals surface area (Å²) >= 11 is 0. The lowest BCUT2D eigenvalue weighted by atomic mass is 9.90. The van der Waals surface area contributed by atoms with Gasteiger partial charge in [-0.25, -0.2) is 4.79 Å². The van der Waals surface area contributed by atoms with Crippen LogP contribution in [0.3, 0.4) is 0 Å². The largest absolute Gasteiger partial charge is 0.493 e. The van der Waals surface area contributed by atoms with Crippen LogP contribution in [-0.2, 0) is 32.2 Å². The summed E-state index contributed by atoms with van der Waals surface area (Å²) in [5, 5.41) is 6.05. The molecular formula is C48H56N2O5. The molecule has 0 aromatic heterocycles. The van der Waals surface area contributed by atoms with E-state index < -0.39 is 0 Å². The van der Waals surface area contributed by atoms with E-state index in [-0.39, 0.29) is 6.03 Å². The first kappa shape index (κ1) is 39.3. The molecule has 288 valence electrons. The molecule has 8 bridgehead atoms. The van der Waals surface area contributed by atoms with Gasteiger partial charge in [0.1, 0.15) is 23.0 Å². The van der Waals surface area contributed by atoms with Gasteiger partial charge in [-0.1, -0.05) is 100 Å². The van der Waals surface area contributed by atoms with Gasteiger partial charge in [-0.3, -0.25) is 0 Å². The average Bonchev–Trinajstić information content (AvgIpc) is 3.19. The van der Waals surface area contributed by atoms with Gasteiger partial charge in [0.15, 0.2) is 0 Å². The Balaban J connectivity index is 1.52. The number of urea groups is 1. The molecule has 0 spiro atoms. The zero-order valence-electron chi connectivity index (χ0n) is 33.0. The van der Waals surface area contributed by atoms with Crippen LogP contribution >= 0.6 is 0 Å². The Morgan fingerprint density at radius 3 is 1.18 bits per heavy atom. The lowest BCUT2D eigenvalue weighted by Gasteiger charge is -2.23. The molecule has 2 N–H and O–H groups in total. The number of rotatable bonds is 15. The van der Waals surface area contributed by atoms with E-state index in [1.165, 1.54) is 0 Å². The minimum atomic E-state index is -0.258. The molecule has 0 unspecified atom stereocenters. The fourth-order valence-electron chi connectivity index (χ4n) is 7.20. The number of fused-ring (bicyclic) bond motifs is 8. The van der Waals surface area contributed by atoms with E-state index >= 15 is 0 Å². The average molecular weight is 741 g/mol. The summed E-state index contributed by atoms with van der Waals surface area (Å²) in [4.78, 5) is 13.1. The molecule has 7 heteroatoms. The SMILES string of the molecule is CCCOc1c2cccc1Cc1cccc(c1OCCC)Cc1cc(CNC(=O)Nc3ccccc3)cc(c1OCCC)Cc1cccc(c1OCCC)C2. The summed E-state index contributed by atoms with van der Waals surface area (Å²) in [5.41, 5.74) is 10.6. The van der Waals surface area contributed by atoms with E-state index in [0.717, 1.165) is 104 Å². The summed E-state index contributed by atoms with van der Waals surface area (Å²) in [5.74, 6) is 3.66. The second-order valence-corrected chi connectivity index (χ2v) is 14.2. The molecule has 0 fully saturated rings. The Labute approximate surface area is 327 Å². The first-order chi connectivity index (χ1) is 27.0. The van der Waals surface area contributed by atoms with Crippen molar-refractivity contribution in [3.05, 3.63) is 147 Å². The van der Waals surface area contributed by atoms with Gasteiger partial charge in [-0.05, 0) is 100 Å². The summed E-state index contributed by atoms with van der Waals surface area (Å²) < 4.78 is 26.6. The number of hydrogen-bond acceptors (Lipinski definition) is 5. The number of amides is 2. The number of para-hydroxylation sites is 4. The van der Waals surface area contributed by atoms with E-state index in [1.807, 2.05) is 30.3 Å². The first-order valence-electron chi connectivity index (χ1n) is 20.1. The van der Waals surface area contributed by atoms with Gasteiger partial charge >= 0.3 is 6.03 Å². The second kappa shape index (κ2) is 19.8. The maximum atomic E-state index is 13.1. The molecular weight excluding hydrogens is 685 g/mol. The van der Waals surface area contributed by atoms with E-state index in [1.54, 1.807) is 0 Å². The third kappa shape index (κ3) is 10.2. The predicted octanol–water partition coefficient (Wildman–Crippen LogP) is 10.8. The highest BCUT2D eigenvalue weighted by Crippen LogP contribution is 2.39. The Bertz CT molecular complexity index is 1920. The Morgan fingerprint density at radius 2 is 0.818 bits per heavy atom. The van der Waals surface area contributed by atoms with Crippen LogP contribution in [0, 0.1) is 0 Å². The summed E-state index contributed by atoms with van der Waals surface area (Å²) in [7, 11) is 0. The molecule has 5 aromatic carbocycles. The normalized spacial score (nSPS) is 12.1. The van der Waals surface area contributed by atoms with E-state index in [4.69, 9.17) is 18.9 Å². The fourth-order valence-corrected chi connectivity index (χ4v) is 7.20. The summed E-state index contributed by atoms with van der Waals surface area (Å²) in [6, 6.07) is 33.1. The van der Waals surface area contributed by atoms with Crippen molar-refractivity contribution in [2.75, 3.05) is 31.7 Å². The van der Waals surface area contributed by atoms with Crippen LogP contribution in [0.15, 0.2) is 97.1 Å². The smallest absolute Gasteiger partial charge is 0.319 e. The lowest BCUT2D eigenvalue weighted by Crippen LogP contribution is -2.28. The highest BCUT2D eigenvalue weighted by Gasteiger charge is 2.22. The molecule has 1 aliphatic rings.